The molecule has 2 N–H and O–H groups in total. The molecule has 3 heteroatoms. The molecule has 15 heavy (non-hydrogen) atoms. The van der Waals surface area contributed by atoms with Crippen molar-refractivity contribution in [1.82, 2.24) is 4.98 Å². The molecule has 0 radical (unpaired) electrons. The van der Waals surface area contributed by atoms with Crippen molar-refractivity contribution >= 4 is 17.1 Å². The van der Waals surface area contributed by atoms with E-state index in [2.05, 4.69) is 46.5 Å². The van der Waals surface area contributed by atoms with Crippen LogP contribution in [0.3, 0.4) is 0 Å². The van der Waals surface area contributed by atoms with Gasteiger partial charge in [0.15, 0.2) is 0 Å². The maximum Gasteiger partial charge on any atom is 0.0585 e. The first-order valence-electron chi connectivity index (χ1n) is 4.95. The third kappa shape index (κ3) is 1.96. The second-order valence-electron chi connectivity index (χ2n) is 3.43. The first-order chi connectivity index (χ1) is 7.31. The van der Waals surface area contributed by atoms with Gasteiger partial charge in [-0.2, -0.15) is 0 Å². The molecule has 0 saturated carbocycles. The highest BCUT2D eigenvalue weighted by molar-refractivity contribution is 5.64. The Kier molecular flexibility index (Phi) is 2.63. The van der Waals surface area contributed by atoms with Crippen LogP contribution in [0.4, 0.5) is 17.1 Å². The largest absolute Gasteiger partial charge is 0.388 e. The molecule has 0 unspecified atom stereocenters. The first-order valence-corrected chi connectivity index (χ1v) is 4.95. The van der Waals surface area contributed by atoms with Crippen molar-refractivity contribution in [3.05, 3.63) is 42.7 Å². The van der Waals surface area contributed by atoms with Gasteiger partial charge in [0.25, 0.3) is 0 Å². The summed E-state index contributed by atoms with van der Waals surface area (Å²) in [5.41, 5.74) is 3.46. The molecule has 78 valence electrons. The van der Waals surface area contributed by atoms with Gasteiger partial charge < -0.3 is 15.2 Å². The summed E-state index contributed by atoms with van der Waals surface area (Å²) in [6.07, 6.45) is 3.90. The Morgan fingerprint density at radius 1 is 1.07 bits per heavy atom. The molecule has 0 aliphatic heterocycles. The van der Waals surface area contributed by atoms with Crippen LogP contribution in [0.15, 0.2) is 42.7 Å². The monoisotopic (exact) mass is 201 g/mol. The van der Waals surface area contributed by atoms with E-state index in [0.717, 1.165) is 11.4 Å². The van der Waals surface area contributed by atoms with Gasteiger partial charge in [-0.15, -0.1) is 0 Å². The smallest absolute Gasteiger partial charge is 0.0585 e. The number of aromatic nitrogens is 1. The van der Waals surface area contributed by atoms with Gasteiger partial charge in [0.05, 0.1) is 5.69 Å². The van der Waals surface area contributed by atoms with Crippen LogP contribution in [0.5, 0.6) is 0 Å². The van der Waals surface area contributed by atoms with Gasteiger partial charge in [0.2, 0.25) is 0 Å². The summed E-state index contributed by atoms with van der Waals surface area (Å²) in [5.74, 6) is 0. The first kappa shape index (κ1) is 9.65. The number of benzene rings is 1. The van der Waals surface area contributed by atoms with Gasteiger partial charge in [-0.25, -0.2) is 0 Å². The minimum atomic E-state index is 1.13. The molecule has 0 atom stereocenters. The van der Waals surface area contributed by atoms with Crippen molar-refractivity contribution in [3.8, 4) is 0 Å². The molecule has 0 bridgehead atoms. The Morgan fingerprint density at radius 2 is 1.80 bits per heavy atom. The van der Waals surface area contributed by atoms with Crippen molar-refractivity contribution in [2.75, 3.05) is 24.3 Å². The normalized spacial score (nSPS) is 10.0. The second-order valence-corrected chi connectivity index (χ2v) is 3.43. The molecule has 0 fully saturated rings. The van der Waals surface area contributed by atoms with Crippen molar-refractivity contribution in [2.45, 2.75) is 0 Å². The molecule has 2 aromatic rings. The number of H-pyrrole nitrogens is 1. The van der Waals surface area contributed by atoms with Crippen molar-refractivity contribution in [3.63, 3.8) is 0 Å². The van der Waals surface area contributed by atoms with E-state index >= 15 is 0 Å². The van der Waals surface area contributed by atoms with Gasteiger partial charge in [0, 0.05) is 37.9 Å². The molecule has 2 rings (SSSR count). The molecule has 0 aliphatic rings. The second kappa shape index (κ2) is 4.09. The van der Waals surface area contributed by atoms with Crippen LogP contribution in [0.2, 0.25) is 0 Å². The van der Waals surface area contributed by atoms with Crippen molar-refractivity contribution < 1.29 is 0 Å². The van der Waals surface area contributed by atoms with Crippen LogP contribution in [0.1, 0.15) is 0 Å². The lowest BCUT2D eigenvalue weighted by Gasteiger charge is -2.17. The van der Waals surface area contributed by atoms with E-state index in [1.54, 1.807) is 0 Å². The number of rotatable bonds is 3. The fourth-order valence-corrected chi connectivity index (χ4v) is 1.52. The summed E-state index contributed by atoms with van der Waals surface area (Å²) < 4.78 is 0. The molecule has 3 nitrogen and oxygen atoms in total. The minimum absolute atomic E-state index is 1.13. The van der Waals surface area contributed by atoms with Crippen LogP contribution in [-0.2, 0) is 0 Å². The van der Waals surface area contributed by atoms with E-state index in [1.165, 1.54) is 5.69 Å². The third-order valence-corrected chi connectivity index (χ3v) is 2.51. The lowest BCUT2D eigenvalue weighted by molar-refractivity contribution is 1.21. The van der Waals surface area contributed by atoms with E-state index in [1.807, 2.05) is 25.5 Å². The predicted octanol–water partition coefficient (Wildman–Crippen LogP) is 2.82. The third-order valence-electron chi connectivity index (χ3n) is 2.51. The number of nitrogens with one attached hydrogen (secondary N) is 2. The number of hydrogen-bond donors (Lipinski definition) is 2. The van der Waals surface area contributed by atoms with Crippen LogP contribution in [0, 0.1) is 0 Å². The van der Waals surface area contributed by atoms with Crippen molar-refractivity contribution in [1.29, 1.82) is 0 Å². The number of hydrogen-bond acceptors (Lipinski definition) is 2. The molecule has 0 saturated heterocycles. The van der Waals surface area contributed by atoms with Gasteiger partial charge in [0.1, 0.15) is 0 Å². The Morgan fingerprint density at radius 3 is 2.33 bits per heavy atom. The zero-order valence-electron chi connectivity index (χ0n) is 8.99. The van der Waals surface area contributed by atoms with Crippen LogP contribution < -0.4 is 10.2 Å². The Balaban J connectivity index is 2.22. The SMILES string of the molecule is CNc1ccc(N(C)c2cc[nH]c2)cc1. The standard InChI is InChI=1S/C12H15N3/c1-13-10-3-5-11(6-4-10)15(2)12-7-8-14-9-12/h3-9,13-14H,1-2H3. The molecule has 0 spiro atoms. The Hall–Kier alpha value is -1.90. The zero-order valence-corrected chi connectivity index (χ0v) is 8.99. The number of nitrogens with zero attached hydrogens (tertiary/aromatic N) is 1. The highest BCUT2D eigenvalue weighted by Gasteiger charge is 2.02. The highest BCUT2D eigenvalue weighted by Crippen LogP contribution is 2.23. The van der Waals surface area contributed by atoms with Crippen LogP contribution in [0.25, 0.3) is 0 Å². The van der Waals surface area contributed by atoms with Gasteiger partial charge in [-0.3, -0.25) is 0 Å². The lowest BCUT2D eigenvalue weighted by atomic mass is 10.2. The lowest BCUT2D eigenvalue weighted by Crippen LogP contribution is -2.08. The predicted molar refractivity (Wildman–Crippen MR) is 64.8 cm³/mol. The molecule has 1 aromatic carbocycles. The Labute approximate surface area is 89.7 Å². The number of aromatic amines is 1. The van der Waals surface area contributed by atoms with E-state index in [9.17, 15) is 0 Å². The fourth-order valence-electron chi connectivity index (χ4n) is 1.52. The average molecular weight is 201 g/mol. The van der Waals surface area contributed by atoms with Crippen LogP contribution >= 0.6 is 0 Å². The zero-order chi connectivity index (χ0) is 10.7. The maximum absolute atomic E-state index is 3.10. The highest BCUT2D eigenvalue weighted by atomic mass is 15.1. The Bertz CT molecular complexity index is 403. The molecular formula is C12H15N3. The van der Waals surface area contributed by atoms with E-state index in [0.29, 0.717) is 0 Å². The van der Waals surface area contributed by atoms with Crippen molar-refractivity contribution in [2.24, 2.45) is 0 Å². The van der Waals surface area contributed by atoms with Gasteiger partial charge in [-0.1, -0.05) is 0 Å². The topological polar surface area (TPSA) is 31.1 Å². The summed E-state index contributed by atoms with van der Waals surface area (Å²) in [6.45, 7) is 0. The average Bonchev–Trinajstić information content (AvgIpc) is 2.82. The molecule has 1 aromatic heterocycles. The van der Waals surface area contributed by atoms with E-state index < -0.39 is 0 Å². The van der Waals surface area contributed by atoms with Crippen LogP contribution in [-0.4, -0.2) is 19.1 Å². The van der Waals surface area contributed by atoms with E-state index in [4.69, 9.17) is 0 Å². The fraction of sp³-hybridized carbons (Fsp3) is 0.167. The number of anilines is 3. The van der Waals surface area contributed by atoms with E-state index in [-0.39, 0.29) is 0 Å². The van der Waals surface area contributed by atoms with Gasteiger partial charge in [-0.05, 0) is 30.3 Å². The minimum Gasteiger partial charge on any atom is -0.388 e. The summed E-state index contributed by atoms with van der Waals surface area (Å²) in [7, 11) is 3.97. The maximum atomic E-state index is 3.10. The quantitative estimate of drug-likeness (QED) is 0.800. The summed E-state index contributed by atoms with van der Waals surface area (Å²) in [4.78, 5) is 5.18. The molecule has 0 aliphatic carbocycles. The molecule has 1 heterocycles. The summed E-state index contributed by atoms with van der Waals surface area (Å²) >= 11 is 0. The summed E-state index contributed by atoms with van der Waals surface area (Å²) in [5, 5.41) is 3.10. The summed E-state index contributed by atoms with van der Waals surface area (Å²) in [6, 6.07) is 10.4. The molecule has 0 amide bonds. The molecular weight excluding hydrogens is 186 g/mol. The van der Waals surface area contributed by atoms with Gasteiger partial charge >= 0.3 is 0 Å².